The number of ether oxygens (including phenoxy) is 1. The summed E-state index contributed by atoms with van der Waals surface area (Å²) in [4.78, 5) is 23.2. The minimum Gasteiger partial charge on any atom is -0.364 e. The van der Waals surface area contributed by atoms with Crippen LogP contribution in [0.25, 0.3) is 11.0 Å². The number of fused-ring (bicyclic) bond motifs is 1. The summed E-state index contributed by atoms with van der Waals surface area (Å²) in [6.07, 6.45) is 2.21. The zero-order valence-electron chi connectivity index (χ0n) is 15.5. The predicted octanol–water partition coefficient (Wildman–Crippen LogP) is 0.523. The molecule has 2 atom stereocenters. The predicted molar refractivity (Wildman–Crippen MR) is 101 cm³/mol. The number of nitriles is 1. The Balaban J connectivity index is 1.55. The molecule has 1 amide bonds. The minimum atomic E-state index is -1.38. The van der Waals surface area contributed by atoms with Crippen LogP contribution >= 0.6 is 0 Å². The van der Waals surface area contributed by atoms with Crippen molar-refractivity contribution < 1.29 is 13.9 Å². The number of morpholine rings is 1. The van der Waals surface area contributed by atoms with Gasteiger partial charge in [0.15, 0.2) is 11.8 Å². The lowest BCUT2D eigenvalue weighted by Crippen LogP contribution is -2.63. The summed E-state index contributed by atoms with van der Waals surface area (Å²) < 4.78 is 19.9. The van der Waals surface area contributed by atoms with Crippen molar-refractivity contribution in [1.82, 2.24) is 20.6 Å². The van der Waals surface area contributed by atoms with Crippen molar-refractivity contribution in [2.75, 3.05) is 37.6 Å². The number of hydrogen-bond acceptors (Lipinski definition) is 7. The smallest absolute Gasteiger partial charge is 0.251 e. The second kappa shape index (κ2) is 7.30. The van der Waals surface area contributed by atoms with E-state index in [1.165, 1.54) is 0 Å². The molecule has 0 unspecified atom stereocenters. The molecule has 2 aliphatic heterocycles. The van der Waals surface area contributed by atoms with Gasteiger partial charge in [0.2, 0.25) is 0 Å². The lowest BCUT2D eigenvalue weighted by Gasteiger charge is -2.39. The van der Waals surface area contributed by atoms with E-state index in [0.29, 0.717) is 29.7 Å². The molecule has 2 saturated heterocycles. The summed E-state index contributed by atoms with van der Waals surface area (Å²) in [5, 5.41) is 14.8. The van der Waals surface area contributed by atoms with E-state index < -0.39 is 11.8 Å². The SMILES string of the molecule is C[C@@H]1CN(c2ccc(C#N)c3nccnc23)C[C@H](C(=O)NCC2(F)CNC2)O1. The third-order valence-corrected chi connectivity index (χ3v) is 5.08. The van der Waals surface area contributed by atoms with Gasteiger partial charge in [0.05, 0.1) is 30.4 Å². The standard InChI is InChI=1S/C19H21FN6O2/c1-12-7-26(8-15(28-12)18(27)25-11-19(20)9-22-10-19)14-3-2-13(6-21)16-17(14)24-5-4-23-16/h2-5,12,15,22H,7-11H2,1H3,(H,25,27)/t12-,15-/m1/s1. The average molecular weight is 384 g/mol. The summed E-state index contributed by atoms with van der Waals surface area (Å²) in [6.45, 7) is 3.23. The van der Waals surface area contributed by atoms with Crippen LogP contribution in [0, 0.1) is 11.3 Å². The fourth-order valence-corrected chi connectivity index (χ4v) is 3.56. The van der Waals surface area contributed by atoms with Crippen LogP contribution < -0.4 is 15.5 Å². The third-order valence-electron chi connectivity index (χ3n) is 5.08. The molecule has 2 aromatic rings. The van der Waals surface area contributed by atoms with Gasteiger partial charge in [-0.1, -0.05) is 0 Å². The van der Waals surface area contributed by atoms with Crippen LogP contribution in [0.3, 0.4) is 0 Å². The molecule has 2 fully saturated rings. The quantitative estimate of drug-likeness (QED) is 0.792. The number of nitrogens with zero attached hydrogens (tertiary/aromatic N) is 4. The molecule has 2 aliphatic rings. The second-order valence-electron chi connectivity index (χ2n) is 7.31. The molecule has 4 rings (SSSR count). The Morgan fingerprint density at radius 3 is 2.82 bits per heavy atom. The van der Waals surface area contributed by atoms with Crippen LogP contribution in [0.1, 0.15) is 12.5 Å². The van der Waals surface area contributed by atoms with E-state index in [0.717, 1.165) is 5.69 Å². The Morgan fingerprint density at radius 1 is 1.39 bits per heavy atom. The highest BCUT2D eigenvalue weighted by molar-refractivity contribution is 5.92. The molecule has 0 saturated carbocycles. The van der Waals surface area contributed by atoms with Gasteiger partial charge >= 0.3 is 0 Å². The maximum absolute atomic E-state index is 14.1. The molecular weight excluding hydrogens is 363 g/mol. The Labute approximate surface area is 161 Å². The van der Waals surface area contributed by atoms with E-state index in [-0.39, 0.29) is 31.6 Å². The molecule has 1 aromatic carbocycles. The van der Waals surface area contributed by atoms with Crippen molar-refractivity contribution in [3.63, 3.8) is 0 Å². The normalized spacial score (nSPS) is 23.7. The Kier molecular flexibility index (Phi) is 4.83. The zero-order valence-corrected chi connectivity index (χ0v) is 15.5. The molecule has 1 aromatic heterocycles. The number of amides is 1. The van der Waals surface area contributed by atoms with Crippen molar-refractivity contribution in [3.05, 3.63) is 30.1 Å². The lowest BCUT2D eigenvalue weighted by atomic mass is 9.99. The van der Waals surface area contributed by atoms with Crippen LogP contribution in [0.5, 0.6) is 0 Å². The third kappa shape index (κ3) is 3.48. The van der Waals surface area contributed by atoms with E-state index in [9.17, 15) is 14.4 Å². The molecule has 146 valence electrons. The first-order valence-corrected chi connectivity index (χ1v) is 9.21. The molecule has 0 spiro atoms. The molecule has 8 nitrogen and oxygen atoms in total. The van der Waals surface area contributed by atoms with Gasteiger partial charge in [-0.25, -0.2) is 4.39 Å². The van der Waals surface area contributed by atoms with E-state index in [1.807, 2.05) is 17.9 Å². The summed E-state index contributed by atoms with van der Waals surface area (Å²) in [5.41, 5.74) is 0.997. The molecule has 2 N–H and O–H groups in total. The van der Waals surface area contributed by atoms with Gasteiger partial charge in [-0.15, -0.1) is 0 Å². The van der Waals surface area contributed by atoms with Crippen molar-refractivity contribution in [3.8, 4) is 6.07 Å². The number of benzene rings is 1. The highest BCUT2D eigenvalue weighted by Crippen LogP contribution is 2.29. The van der Waals surface area contributed by atoms with Crippen molar-refractivity contribution >= 4 is 22.6 Å². The molecular formula is C19H21FN6O2. The maximum Gasteiger partial charge on any atom is 0.251 e. The topological polar surface area (TPSA) is 103 Å². The van der Waals surface area contributed by atoms with E-state index >= 15 is 0 Å². The fourth-order valence-electron chi connectivity index (χ4n) is 3.56. The monoisotopic (exact) mass is 384 g/mol. The van der Waals surface area contributed by atoms with Gasteiger partial charge < -0.3 is 20.3 Å². The minimum absolute atomic E-state index is 0.0294. The van der Waals surface area contributed by atoms with Gasteiger partial charge in [0, 0.05) is 32.0 Å². The first-order valence-electron chi connectivity index (χ1n) is 9.21. The summed E-state index contributed by atoms with van der Waals surface area (Å²) in [7, 11) is 0. The number of anilines is 1. The molecule has 0 radical (unpaired) electrons. The Bertz CT molecular complexity index is 942. The molecule has 0 aliphatic carbocycles. The van der Waals surface area contributed by atoms with Crippen LogP contribution in [0.4, 0.5) is 10.1 Å². The second-order valence-corrected chi connectivity index (χ2v) is 7.31. The van der Waals surface area contributed by atoms with E-state index in [2.05, 4.69) is 26.7 Å². The van der Waals surface area contributed by atoms with Gasteiger partial charge in [-0.05, 0) is 19.1 Å². The number of hydrogen-bond donors (Lipinski definition) is 2. The highest BCUT2D eigenvalue weighted by Gasteiger charge is 2.38. The zero-order chi connectivity index (χ0) is 19.7. The van der Waals surface area contributed by atoms with Crippen LogP contribution in [0.15, 0.2) is 24.5 Å². The summed E-state index contributed by atoms with van der Waals surface area (Å²) >= 11 is 0. The molecule has 3 heterocycles. The van der Waals surface area contributed by atoms with Crippen molar-refractivity contribution in [2.24, 2.45) is 0 Å². The first-order chi connectivity index (χ1) is 13.5. The van der Waals surface area contributed by atoms with Gasteiger partial charge in [-0.3, -0.25) is 14.8 Å². The van der Waals surface area contributed by atoms with Crippen LogP contribution in [-0.4, -0.2) is 66.5 Å². The number of nitrogens with one attached hydrogen (secondary N) is 2. The highest BCUT2D eigenvalue weighted by atomic mass is 19.1. The van der Waals surface area contributed by atoms with E-state index in [4.69, 9.17) is 4.74 Å². The Hall–Kier alpha value is -2.83. The number of carbonyl (C=O) groups is 1. The fraction of sp³-hybridized carbons (Fsp3) is 0.474. The number of rotatable bonds is 4. The largest absolute Gasteiger partial charge is 0.364 e. The number of halogens is 1. The van der Waals surface area contributed by atoms with Gasteiger partial charge in [0.25, 0.3) is 5.91 Å². The number of alkyl halides is 1. The maximum atomic E-state index is 14.1. The summed E-state index contributed by atoms with van der Waals surface area (Å²) in [6, 6.07) is 5.65. The number of aromatic nitrogens is 2. The van der Waals surface area contributed by atoms with Crippen LogP contribution in [0.2, 0.25) is 0 Å². The Morgan fingerprint density at radius 2 is 2.14 bits per heavy atom. The average Bonchev–Trinajstić information content (AvgIpc) is 2.69. The van der Waals surface area contributed by atoms with Crippen molar-refractivity contribution in [1.29, 1.82) is 5.26 Å². The molecule has 28 heavy (non-hydrogen) atoms. The summed E-state index contributed by atoms with van der Waals surface area (Å²) in [5.74, 6) is -0.329. The van der Waals surface area contributed by atoms with Gasteiger partial charge in [-0.2, -0.15) is 5.26 Å². The first kappa shape index (κ1) is 18.5. The molecule has 9 heteroatoms. The van der Waals surface area contributed by atoms with Gasteiger partial charge in [0.1, 0.15) is 17.1 Å². The van der Waals surface area contributed by atoms with Crippen LogP contribution in [-0.2, 0) is 9.53 Å². The molecule has 0 bridgehead atoms. The lowest BCUT2D eigenvalue weighted by molar-refractivity contribution is -0.138. The van der Waals surface area contributed by atoms with E-state index in [1.54, 1.807) is 18.5 Å². The van der Waals surface area contributed by atoms with Crippen molar-refractivity contribution in [2.45, 2.75) is 24.8 Å². The number of carbonyl (C=O) groups excluding carboxylic acids is 1.